The SMILES string of the molecule is CNCCSSCCNC(=O)c1ccc2c(-c3ccc(F)cc3)cccc2c1. The number of hydrogen-bond donors (Lipinski definition) is 2. The van der Waals surface area contributed by atoms with Crippen molar-refractivity contribution in [2.75, 3.05) is 31.6 Å². The highest BCUT2D eigenvalue weighted by atomic mass is 33.1. The minimum absolute atomic E-state index is 0.0603. The minimum atomic E-state index is -0.249. The average Bonchev–Trinajstić information content (AvgIpc) is 2.72. The lowest BCUT2D eigenvalue weighted by Gasteiger charge is -2.09. The van der Waals surface area contributed by atoms with Crippen LogP contribution in [0.15, 0.2) is 60.7 Å². The molecular formula is C22H23FN2OS2. The van der Waals surface area contributed by atoms with Crippen LogP contribution in [-0.4, -0.2) is 37.6 Å². The highest BCUT2D eigenvalue weighted by Crippen LogP contribution is 2.29. The fourth-order valence-electron chi connectivity index (χ4n) is 2.88. The lowest BCUT2D eigenvalue weighted by Crippen LogP contribution is -2.25. The summed E-state index contributed by atoms with van der Waals surface area (Å²) in [5.74, 6) is 1.62. The molecule has 0 fully saturated rings. The van der Waals surface area contributed by atoms with Crippen LogP contribution in [0.2, 0.25) is 0 Å². The Morgan fingerprint density at radius 1 is 0.964 bits per heavy atom. The van der Waals surface area contributed by atoms with Crippen molar-refractivity contribution in [1.29, 1.82) is 0 Å². The third-order valence-corrected chi connectivity index (χ3v) is 6.70. The Morgan fingerprint density at radius 2 is 1.71 bits per heavy atom. The van der Waals surface area contributed by atoms with Gasteiger partial charge in [0.1, 0.15) is 5.82 Å². The van der Waals surface area contributed by atoms with E-state index in [2.05, 4.69) is 10.6 Å². The van der Waals surface area contributed by atoms with Gasteiger partial charge in [0.05, 0.1) is 0 Å². The van der Waals surface area contributed by atoms with Gasteiger partial charge in [0.25, 0.3) is 5.91 Å². The number of fused-ring (bicyclic) bond motifs is 1. The van der Waals surface area contributed by atoms with Crippen molar-refractivity contribution in [2.24, 2.45) is 0 Å². The molecule has 0 atom stereocenters. The smallest absolute Gasteiger partial charge is 0.251 e. The van der Waals surface area contributed by atoms with E-state index in [0.717, 1.165) is 39.9 Å². The van der Waals surface area contributed by atoms with E-state index < -0.39 is 0 Å². The van der Waals surface area contributed by atoms with Crippen LogP contribution in [-0.2, 0) is 0 Å². The summed E-state index contributed by atoms with van der Waals surface area (Å²) < 4.78 is 13.2. The molecular weight excluding hydrogens is 391 g/mol. The second kappa shape index (κ2) is 10.5. The van der Waals surface area contributed by atoms with Crippen LogP contribution in [0.3, 0.4) is 0 Å². The largest absolute Gasteiger partial charge is 0.351 e. The second-order valence-corrected chi connectivity index (χ2v) is 8.95. The van der Waals surface area contributed by atoms with E-state index >= 15 is 0 Å². The molecule has 0 heterocycles. The Kier molecular flexibility index (Phi) is 7.77. The maximum Gasteiger partial charge on any atom is 0.251 e. The van der Waals surface area contributed by atoms with E-state index in [0.29, 0.717) is 12.1 Å². The van der Waals surface area contributed by atoms with Crippen LogP contribution < -0.4 is 10.6 Å². The summed E-state index contributed by atoms with van der Waals surface area (Å²) in [5, 5.41) is 8.12. The van der Waals surface area contributed by atoms with E-state index in [9.17, 15) is 9.18 Å². The van der Waals surface area contributed by atoms with E-state index in [-0.39, 0.29) is 11.7 Å². The first-order valence-corrected chi connectivity index (χ1v) is 11.6. The summed E-state index contributed by atoms with van der Waals surface area (Å²) in [6.45, 7) is 1.63. The number of amides is 1. The molecule has 3 rings (SSSR count). The first-order valence-electron chi connectivity index (χ1n) is 9.15. The first kappa shape index (κ1) is 20.7. The number of carbonyl (C=O) groups is 1. The summed E-state index contributed by atoms with van der Waals surface area (Å²) in [4.78, 5) is 12.4. The van der Waals surface area contributed by atoms with Crippen molar-refractivity contribution < 1.29 is 9.18 Å². The fraction of sp³-hybridized carbons (Fsp3) is 0.227. The van der Waals surface area contributed by atoms with E-state index in [1.165, 1.54) is 12.1 Å². The van der Waals surface area contributed by atoms with Gasteiger partial charge in [-0.3, -0.25) is 4.79 Å². The first-order chi connectivity index (χ1) is 13.7. The summed E-state index contributed by atoms with van der Waals surface area (Å²) in [7, 11) is 5.52. The number of benzene rings is 3. The Bertz CT molecular complexity index is 931. The van der Waals surface area contributed by atoms with Crippen LogP contribution >= 0.6 is 21.6 Å². The predicted molar refractivity (Wildman–Crippen MR) is 121 cm³/mol. The zero-order valence-electron chi connectivity index (χ0n) is 15.7. The van der Waals surface area contributed by atoms with Gasteiger partial charge in [0.2, 0.25) is 0 Å². The number of hydrogen-bond acceptors (Lipinski definition) is 4. The van der Waals surface area contributed by atoms with Crippen LogP contribution in [0.4, 0.5) is 4.39 Å². The minimum Gasteiger partial charge on any atom is -0.351 e. The molecule has 0 radical (unpaired) electrons. The number of carbonyl (C=O) groups excluding carboxylic acids is 1. The Morgan fingerprint density at radius 3 is 2.46 bits per heavy atom. The van der Waals surface area contributed by atoms with Crippen LogP contribution in [0.5, 0.6) is 0 Å². The standard InChI is InChI=1S/C22H23FN2OS2/c1-24-11-13-27-28-14-12-25-22(26)18-7-10-21-17(15-18)3-2-4-20(21)16-5-8-19(23)9-6-16/h2-10,15,24H,11-14H2,1H3,(H,25,26). The van der Waals surface area contributed by atoms with Gasteiger partial charge in [0, 0.05) is 30.2 Å². The quantitative estimate of drug-likeness (QED) is 0.383. The fourth-order valence-corrected chi connectivity index (χ4v) is 4.79. The lowest BCUT2D eigenvalue weighted by molar-refractivity contribution is 0.0956. The zero-order chi connectivity index (χ0) is 19.8. The normalized spacial score (nSPS) is 10.9. The molecule has 1 amide bonds. The summed E-state index contributed by atoms with van der Waals surface area (Å²) >= 11 is 0. The molecule has 6 heteroatoms. The summed E-state index contributed by atoms with van der Waals surface area (Å²) in [5.41, 5.74) is 2.63. The van der Waals surface area contributed by atoms with E-state index in [4.69, 9.17) is 0 Å². The third kappa shape index (κ3) is 5.50. The number of halogens is 1. The molecule has 0 saturated carbocycles. The Hall–Kier alpha value is -2.02. The lowest BCUT2D eigenvalue weighted by atomic mass is 9.97. The average molecular weight is 415 g/mol. The number of rotatable bonds is 9. The van der Waals surface area contributed by atoms with Gasteiger partial charge in [-0.2, -0.15) is 0 Å². The van der Waals surface area contributed by atoms with Crippen LogP contribution in [0.25, 0.3) is 21.9 Å². The molecule has 0 spiro atoms. The van der Waals surface area contributed by atoms with Crippen molar-refractivity contribution in [3.8, 4) is 11.1 Å². The molecule has 0 aromatic heterocycles. The molecule has 28 heavy (non-hydrogen) atoms. The van der Waals surface area contributed by atoms with Crippen LogP contribution in [0.1, 0.15) is 10.4 Å². The molecule has 0 unspecified atom stereocenters. The third-order valence-electron chi connectivity index (χ3n) is 4.29. The molecule has 0 bridgehead atoms. The monoisotopic (exact) mass is 414 g/mol. The molecule has 0 aliphatic rings. The predicted octanol–water partition coefficient (Wildman–Crippen LogP) is 4.98. The van der Waals surface area contributed by atoms with Gasteiger partial charge >= 0.3 is 0 Å². The molecule has 0 saturated heterocycles. The van der Waals surface area contributed by atoms with Gasteiger partial charge < -0.3 is 10.6 Å². The molecule has 2 N–H and O–H groups in total. The summed E-state index contributed by atoms with van der Waals surface area (Å²) in [6.07, 6.45) is 0. The molecule has 3 nitrogen and oxygen atoms in total. The van der Waals surface area contributed by atoms with Gasteiger partial charge in [-0.1, -0.05) is 58.0 Å². The highest BCUT2D eigenvalue weighted by Gasteiger charge is 2.09. The van der Waals surface area contributed by atoms with Gasteiger partial charge in [-0.15, -0.1) is 0 Å². The van der Waals surface area contributed by atoms with Crippen molar-refractivity contribution >= 4 is 38.3 Å². The topological polar surface area (TPSA) is 41.1 Å². The molecule has 146 valence electrons. The van der Waals surface area contributed by atoms with E-state index in [1.54, 1.807) is 33.7 Å². The van der Waals surface area contributed by atoms with Crippen molar-refractivity contribution in [1.82, 2.24) is 10.6 Å². The van der Waals surface area contributed by atoms with Gasteiger partial charge in [0.15, 0.2) is 0 Å². The second-order valence-electron chi connectivity index (χ2n) is 6.25. The van der Waals surface area contributed by atoms with Crippen molar-refractivity contribution in [2.45, 2.75) is 0 Å². The van der Waals surface area contributed by atoms with Crippen molar-refractivity contribution in [3.63, 3.8) is 0 Å². The Balaban J connectivity index is 1.66. The molecule has 3 aromatic rings. The van der Waals surface area contributed by atoms with E-state index in [1.807, 2.05) is 43.4 Å². The maximum atomic E-state index is 13.2. The molecule has 0 aliphatic carbocycles. The van der Waals surface area contributed by atoms with Crippen molar-refractivity contribution in [3.05, 3.63) is 72.0 Å². The summed E-state index contributed by atoms with van der Waals surface area (Å²) in [6, 6.07) is 18.2. The van der Waals surface area contributed by atoms with Gasteiger partial charge in [-0.05, 0) is 53.2 Å². The van der Waals surface area contributed by atoms with Gasteiger partial charge in [-0.25, -0.2) is 4.39 Å². The van der Waals surface area contributed by atoms with Crippen LogP contribution in [0, 0.1) is 5.82 Å². The zero-order valence-corrected chi connectivity index (χ0v) is 17.3. The molecule has 3 aromatic carbocycles. The highest BCUT2D eigenvalue weighted by molar-refractivity contribution is 8.76. The Labute approximate surface area is 172 Å². The molecule has 0 aliphatic heterocycles. The number of nitrogens with one attached hydrogen (secondary N) is 2. The maximum absolute atomic E-state index is 13.2.